The van der Waals surface area contributed by atoms with E-state index in [2.05, 4.69) is 18.8 Å². The molecule has 23 heavy (non-hydrogen) atoms. The number of rotatable bonds is 4. The Morgan fingerprint density at radius 3 is 2.52 bits per heavy atom. The minimum Gasteiger partial charge on any atom is -0.264 e. The molecule has 2 heterocycles. The first-order chi connectivity index (χ1) is 11.0. The molecule has 1 fully saturated rings. The standard InChI is InChI=1S/C18H22N2O2S/c1-14(2)15-7-9-17(10-8-15)23(21,22)20-12-4-6-18(20)16-5-3-11-19-13-16/h3,5,7-11,13-14,18H,4,6,12H2,1-2H3. The molecule has 1 saturated heterocycles. The van der Waals surface area contributed by atoms with E-state index >= 15 is 0 Å². The molecule has 1 atom stereocenters. The van der Waals surface area contributed by atoms with E-state index in [0.717, 1.165) is 24.0 Å². The molecule has 0 N–H and O–H groups in total. The summed E-state index contributed by atoms with van der Waals surface area (Å²) >= 11 is 0. The van der Waals surface area contributed by atoms with Crippen LogP contribution >= 0.6 is 0 Å². The first-order valence-corrected chi connectivity index (χ1v) is 9.46. The van der Waals surface area contributed by atoms with Crippen LogP contribution in [0.15, 0.2) is 53.7 Å². The number of nitrogens with zero attached hydrogens (tertiary/aromatic N) is 2. The van der Waals surface area contributed by atoms with Crippen molar-refractivity contribution in [1.82, 2.24) is 9.29 Å². The molecule has 0 saturated carbocycles. The predicted molar refractivity (Wildman–Crippen MR) is 90.6 cm³/mol. The Labute approximate surface area is 138 Å². The van der Waals surface area contributed by atoms with E-state index in [4.69, 9.17) is 0 Å². The van der Waals surface area contributed by atoms with E-state index in [1.165, 1.54) is 0 Å². The summed E-state index contributed by atoms with van der Waals surface area (Å²) in [6, 6.07) is 11.0. The topological polar surface area (TPSA) is 50.3 Å². The second kappa shape index (κ2) is 6.42. The highest BCUT2D eigenvalue weighted by molar-refractivity contribution is 7.89. The van der Waals surface area contributed by atoms with Gasteiger partial charge in [0.15, 0.2) is 0 Å². The molecule has 0 radical (unpaired) electrons. The van der Waals surface area contributed by atoms with Gasteiger partial charge in [-0.25, -0.2) is 8.42 Å². The summed E-state index contributed by atoms with van der Waals surface area (Å²) in [6.45, 7) is 4.76. The van der Waals surface area contributed by atoms with Crippen LogP contribution in [0.25, 0.3) is 0 Å². The van der Waals surface area contributed by atoms with Crippen molar-refractivity contribution in [3.05, 3.63) is 59.9 Å². The van der Waals surface area contributed by atoms with Gasteiger partial charge in [-0.15, -0.1) is 0 Å². The van der Waals surface area contributed by atoms with Gasteiger partial charge in [0.25, 0.3) is 0 Å². The molecule has 1 aliphatic heterocycles. The van der Waals surface area contributed by atoms with Crippen LogP contribution in [-0.4, -0.2) is 24.3 Å². The zero-order valence-electron chi connectivity index (χ0n) is 13.5. The highest BCUT2D eigenvalue weighted by atomic mass is 32.2. The molecule has 122 valence electrons. The maximum absolute atomic E-state index is 13.0. The van der Waals surface area contributed by atoms with Gasteiger partial charge in [-0.2, -0.15) is 4.31 Å². The lowest BCUT2D eigenvalue weighted by atomic mass is 10.0. The van der Waals surface area contributed by atoms with Crippen molar-refractivity contribution >= 4 is 10.0 Å². The lowest BCUT2D eigenvalue weighted by Gasteiger charge is -2.24. The lowest BCUT2D eigenvalue weighted by Crippen LogP contribution is -2.30. The molecule has 1 aromatic heterocycles. The van der Waals surface area contributed by atoms with E-state index in [1.807, 2.05) is 24.3 Å². The van der Waals surface area contributed by atoms with Crippen molar-refractivity contribution < 1.29 is 8.42 Å². The molecule has 1 unspecified atom stereocenters. The average Bonchev–Trinajstić information content (AvgIpc) is 3.06. The minimum absolute atomic E-state index is 0.113. The van der Waals surface area contributed by atoms with Crippen LogP contribution in [0.5, 0.6) is 0 Å². The highest BCUT2D eigenvalue weighted by Gasteiger charge is 2.36. The van der Waals surface area contributed by atoms with Gasteiger partial charge in [-0.3, -0.25) is 4.98 Å². The maximum Gasteiger partial charge on any atom is 0.243 e. The van der Waals surface area contributed by atoms with E-state index in [-0.39, 0.29) is 6.04 Å². The van der Waals surface area contributed by atoms with Crippen LogP contribution in [0.1, 0.15) is 49.8 Å². The third-order valence-corrected chi connectivity index (χ3v) is 6.35. The van der Waals surface area contributed by atoms with E-state index < -0.39 is 10.0 Å². The van der Waals surface area contributed by atoms with Crippen LogP contribution in [0.2, 0.25) is 0 Å². The SMILES string of the molecule is CC(C)c1ccc(S(=O)(=O)N2CCCC2c2cccnc2)cc1. The number of aromatic nitrogens is 1. The molecule has 4 nitrogen and oxygen atoms in total. The molecule has 3 rings (SSSR count). The van der Waals surface area contributed by atoms with E-state index in [0.29, 0.717) is 17.4 Å². The summed E-state index contributed by atoms with van der Waals surface area (Å²) in [4.78, 5) is 4.50. The molecule has 1 aromatic carbocycles. The van der Waals surface area contributed by atoms with Crippen molar-refractivity contribution in [2.24, 2.45) is 0 Å². The lowest BCUT2D eigenvalue weighted by molar-refractivity contribution is 0.396. The summed E-state index contributed by atoms with van der Waals surface area (Å²) in [6.07, 6.45) is 5.19. The third kappa shape index (κ3) is 3.16. The van der Waals surface area contributed by atoms with Crippen molar-refractivity contribution in [2.45, 2.75) is 43.5 Å². The summed E-state index contributed by atoms with van der Waals surface area (Å²) < 4.78 is 27.6. The van der Waals surface area contributed by atoms with Crippen LogP contribution in [0, 0.1) is 0 Å². The Kier molecular flexibility index (Phi) is 4.50. The Hall–Kier alpha value is -1.72. The van der Waals surface area contributed by atoms with Crippen LogP contribution < -0.4 is 0 Å². The summed E-state index contributed by atoms with van der Waals surface area (Å²) in [5.74, 6) is 0.390. The fourth-order valence-electron chi connectivity index (χ4n) is 3.09. The van der Waals surface area contributed by atoms with Crippen molar-refractivity contribution in [3.8, 4) is 0 Å². The van der Waals surface area contributed by atoms with Crippen molar-refractivity contribution in [2.75, 3.05) is 6.54 Å². The molecule has 2 aromatic rings. The van der Waals surface area contributed by atoms with Gasteiger partial charge < -0.3 is 0 Å². The largest absolute Gasteiger partial charge is 0.264 e. The van der Waals surface area contributed by atoms with Gasteiger partial charge in [-0.1, -0.05) is 32.0 Å². The molecule has 0 amide bonds. The number of pyridine rings is 1. The smallest absolute Gasteiger partial charge is 0.243 e. The van der Waals surface area contributed by atoms with Gasteiger partial charge >= 0.3 is 0 Å². The number of sulfonamides is 1. The highest BCUT2D eigenvalue weighted by Crippen LogP contribution is 2.36. The minimum atomic E-state index is -3.47. The molecular weight excluding hydrogens is 308 g/mol. The second-order valence-corrected chi connectivity index (χ2v) is 8.17. The molecule has 1 aliphatic rings. The van der Waals surface area contributed by atoms with Gasteiger partial charge in [0.05, 0.1) is 10.9 Å². The van der Waals surface area contributed by atoms with Crippen LogP contribution in [0.4, 0.5) is 0 Å². The summed E-state index contributed by atoms with van der Waals surface area (Å²) in [5.41, 5.74) is 2.11. The summed E-state index contributed by atoms with van der Waals surface area (Å²) in [7, 11) is -3.47. The Balaban J connectivity index is 1.92. The number of benzene rings is 1. The zero-order chi connectivity index (χ0) is 16.4. The average molecular weight is 330 g/mol. The van der Waals surface area contributed by atoms with Gasteiger partial charge in [0, 0.05) is 18.9 Å². The quantitative estimate of drug-likeness (QED) is 0.858. The Morgan fingerprint density at radius 2 is 1.91 bits per heavy atom. The fraction of sp³-hybridized carbons (Fsp3) is 0.389. The van der Waals surface area contributed by atoms with Crippen molar-refractivity contribution in [3.63, 3.8) is 0 Å². The first kappa shape index (κ1) is 16.1. The van der Waals surface area contributed by atoms with Gasteiger partial charge in [0.2, 0.25) is 10.0 Å². The first-order valence-electron chi connectivity index (χ1n) is 8.02. The van der Waals surface area contributed by atoms with Gasteiger partial charge in [0.1, 0.15) is 0 Å². The van der Waals surface area contributed by atoms with Gasteiger partial charge in [-0.05, 0) is 48.1 Å². The Bertz CT molecular complexity index is 755. The monoisotopic (exact) mass is 330 g/mol. The predicted octanol–water partition coefficient (Wildman–Crippen LogP) is 3.73. The fourth-order valence-corrected chi connectivity index (χ4v) is 4.78. The van der Waals surface area contributed by atoms with Crippen molar-refractivity contribution in [1.29, 1.82) is 0 Å². The zero-order valence-corrected chi connectivity index (χ0v) is 14.3. The second-order valence-electron chi connectivity index (χ2n) is 6.28. The molecule has 0 spiro atoms. The normalized spacial score (nSPS) is 19.3. The molecule has 0 aliphatic carbocycles. The number of hydrogen-bond donors (Lipinski definition) is 0. The van der Waals surface area contributed by atoms with Crippen LogP contribution in [0.3, 0.4) is 0 Å². The maximum atomic E-state index is 13.0. The van der Waals surface area contributed by atoms with E-state index in [9.17, 15) is 8.42 Å². The van der Waals surface area contributed by atoms with Crippen LogP contribution in [-0.2, 0) is 10.0 Å². The Morgan fingerprint density at radius 1 is 1.17 bits per heavy atom. The third-order valence-electron chi connectivity index (χ3n) is 4.43. The summed E-state index contributed by atoms with van der Waals surface area (Å²) in [5, 5.41) is 0. The molecule has 5 heteroatoms. The molecular formula is C18H22N2O2S. The van der Waals surface area contributed by atoms with E-state index in [1.54, 1.807) is 28.8 Å². The molecule has 0 bridgehead atoms. The number of hydrogen-bond acceptors (Lipinski definition) is 3.